The Kier molecular flexibility index (Phi) is 6.68. The van der Waals surface area contributed by atoms with Gasteiger partial charge in [0.25, 0.3) is 5.91 Å². The Labute approximate surface area is 181 Å². The summed E-state index contributed by atoms with van der Waals surface area (Å²) in [6.45, 7) is 0. The molecule has 0 saturated carbocycles. The van der Waals surface area contributed by atoms with E-state index in [-0.39, 0.29) is 10.6 Å². The maximum atomic E-state index is 12.5. The molecule has 1 N–H and O–H groups in total. The summed E-state index contributed by atoms with van der Waals surface area (Å²) in [6, 6.07) is 18.9. The standard InChI is InChI=1S/C20H14BrClN2O4S/c21-16-9-10-19(28-29(26,27)18-7-2-1-3-8-18)15(11-16)13-23-24-20(25)14-5-4-6-17(22)12-14/h1-13H,(H,24,25)/b23-13-. The number of nitrogens with zero attached hydrogens (tertiary/aromatic N) is 1. The van der Waals surface area contributed by atoms with Gasteiger partial charge in [0.15, 0.2) is 5.75 Å². The van der Waals surface area contributed by atoms with Crippen LogP contribution in [0.15, 0.2) is 87.3 Å². The van der Waals surface area contributed by atoms with Crippen LogP contribution in [0.4, 0.5) is 0 Å². The smallest absolute Gasteiger partial charge is 0.339 e. The third-order valence-corrected chi connectivity index (χ3v) is 5.64. The predicted molar refractivity (Wildman–Crippen MR) is 115 cm³/mol. The first-order chi connectivity index (χ1) is 13.8. The van der Waals surface area contributed by atoms with Gasteiger partial charge in [-0.3, -0.25) is 4.79 Å². The molecule has 0 heterocycles. The van der Waals surface area contributed by atoms with E-state index in [0.717, 1.165) is 0 Å². The molecule has 148 valence electrons. The Morgan fingerprint density at radius 1 is 1.03 bits per heavy atom. The van der Waals surface area contributed by atoms with E-state index < -0.39 is 16.0 Å². The lowest BCUT2D eigenvalue weighted by Gasteiger charge is -2.10. The molecular formula is C20H14BrClN2O4S. The predicted octanol–water partition coefficient (Wildman–Crippen LogP) is 4.63. The minimum atomic E-state index is -4.02. The monoisotopic (exact) mass is 492 g/mol. The van der Waals surface area contributed by atoms with Crippen molar-refractivity contribution >= 4 is 49.8 Å². The van der Waals surface area contributed by atoms with Crippen molar-refractivity contribution in [3.63, 3.8) is 0 Å². The highest BCUT2D eigenvalue weighted by Gasteiger charge is 2.18. The van der Waals surface area contributed by atoms with Crippen molar-refractivity contribution in [1.29, 1.82) is 0 Å². The molecule has 29 heavy (non-hydrogen) atoms. The SMILES string of the molecule is O=C(N/N=C\c1cc(Br)ccc1OS(=O)(=O)c1ccccc1)c1cccc(Cl)c1. The normalized spacial score (nSPS) is 11.4. The first-order valence-electron chi connectivity index (χ1n) is 8.23. The van der Waals surface area contributed by atoms with Crippen molar-refractivity contribution in [3.05, 3.63) is 93.4 Å². The number of benzene rings is 3. The highest BCUT2D eigenvalue weighted by atomic mass is 79.9. The van der Waals surface area contributed by atoms with Crippen LogP contribution in [0.2, 0.25) is 5.02 Å². The fraction of sp³-hybridized carbons (Fsp3) is 0. The van der Waals surface area contributed by atoms with Crippen LogP contribution in [0.5, 0.6) is 5.75 Å². The molecular weight excluding hydrogens is 480 g/mol. The van der Waals surface area contributed by atoms with E-state index in [4.69, 9.17) is 15.8 Å². The molecule has 9 heteroatoms. The second-order valence-electron chi connectivity index (χ2n) is 5.74. The van der Waals surface area contributed by atoms with Gasteiger partial charge < -0.3 is 4.18 Å². The van der Waals surface area contributed by atoms with Gasteiger partial charge in [0, 0.05) is 20.6 Å². The van der Waals surface area contributed by atoms with Crippen LogP contribution in [-0.4, -0.2) is 20.5 Å². The lowest BCUT2D eigenvalue weighted by Crippen LogP contribution is -2.17. The highest BCUT2D eigenvalue weighted by molar-refractivity contribution is 9.10. The summed E-state index contributed by atoms with van der Waals surface area (Å²) in [5.74, 6) is -0.393. The van der Waals surface area contributed by atoms with Gasteiger partial charge in [-0.15, -0.1) is 0 Å². The molecule has 3 rings (SSSR count). The molecule has 0 atom stereocenters. The second-order valence-corrected chi connectivity index (χ2v) is 8.64. The van der Waals surface area contributed by atoms with E-state index in [1.165, 1.54) is 30.5 Å². The molecule has 0 unspecified atom stereocenters. The molecule has 0 bridgehead atoms. The molecule has 0 spiro atoms. The van der Waals surface area contributed by atoms with Gasteiger partial charge >= 0.3 is 10.1 Å². The average molecular weight is 494 g/mol. The van der Waals surface area contributed by atoms with Crippen LogP contribution in [0, 0.1) is 0 Å². The van der Waals surface area contributed by atoms with E-state index in [1.807, 2.05) is 0 Å². The maximum absolute atomic E-state index is 12.5. The quantitative estimate of drug-likeness (QED) is 0.308. The summed E-state index contributed by atoms with van der Waals surface area (Å²) in [5, 5.41) is 4.32. The zero-order valence-corrected chi connectivity index (χ0v) is 17.9. The minimum absolute atomic E-state index is 0.0278. The highest BCUT2D eigenvalue weighted by Crippen LogP contribution is 2.25. The van der Waals surface area contributed by atoms with Crippen LogP contribution >= 0.6 is 27.5 Å². The molecule has 0 aliphatic heterocycles. The minimum Gasteiger partial charge on any atom is -0.378 e. The fourth-order valence-electron chi connectivity index (χ4n) is 2.30. The fourth-order valence-corrected chi connectivity index (χ4v) is 3.85. The maximum Gasteiger partial charge on any atom is 0.339 e. The van der Waals surface area contributed by atoms with Crippen molar-refractivity contribution in [3.8, 4) is 5.75 Å². The number of rotatable bonds is 6. The lowest BCUT2D eigenvalue weighted by molar-refractivity contribution is 0.0955. The Morgan fingerprint density at radius 3 is 2.52 bits per heavy atom. The largest absolute Gasteiger partial charge is 0.378 e. The van der Waals surface area contributed by atoms with Crippen LogP contribution in [0.25, 0.3) is 0 Å². The van der Waals surface area contributed by atoms with E-state index in [0.29, 0.717) is 20.6 Å². The van der Waals surface area contributed by atoms with Crippen LogP contribution < -0.4 is 9.61 Å². The summed E-state index contributed by atoms with van der Waals surface area (Å²) in [7, 11) is -4.02. The molecule has 0 fully saturated rings. The molecule has 1 amide bonds. The van der Waals surface area contributed by atoms with E-state index in [9.17, 15) is 13.2 Å². The molecule has 3 aromatic carbocycles. The Hall–Kier alpha value is -2.68. The molecule has 6 nitrogen and oxygen atoms in total. The van der Waals surface area contributed by atoms with Gasteiger partial charge in [0.2, 0.25) is 0 Å². The molecule has 0 aliphatic rings. The number of hydrogen-bond donors (Lipinski definition) is 1. The van der Waals surface area contributed by atoms with Crippen molar-refractivity contribution in [2.24, 2.45) is 5.10 Å². The third kappa shape index (κ3) is 5.66. The number of hydrazone groups is 1. The topological polar surface area (TPSA) is 84.8 Å². The summed E-state index contributed by atoms with van der Waals surface area (Å²) in [6.07, 6.45) is 1.29. The summed E-state index contributed by atoms with van der Waals surface area (Å²) in [4.78, 5) is 12.2. The van der Waals surface area contributed by atoms with Gasteiger partial charge in [-0.1, -0.05) is 51.8 Å². The Bertz CT molecular complexity index is 1170. The van der Waals surface area contributed by atoms with Crippen LogP contribution in [0.1, 0.15) is 15.9 Å². The van der Waals surface area contributed by atoms with Gasteiger partial charge in [0.05, 0.1) is 6.21 Å². The average Bonchev–Trinajstić information content (AvgIpc) is 2.70. The number of amides is 1. The molecule has 0 radical (unpaired) electrons. The number of carbonyl (C=O) groups excluding carboxylic acids is 1. The molecule has 0 aromatic heterocycles. The van der Waals surface area contributed by atoms with Gasteiger partial charge in [0.1, 0.15) is 4.90 Å². The number of carbonyl (C=O) groups is 1. The van der Waals surface area contributed by atoms with E-state index in [2.05, 4.69) is 26.5 Å². The lowest BCUT2D eigenvalue weighted by atomic mass is 10.2. The summed E-state index contributed by atoms with van der Waals surface area (Å²) in [5.41, 5.74) is 3.06. The van der Waals surface area contributed by atoms with Crippen LogP contribution in [0.3, 0.4) is 0 Å². The van der Waals surface area contributed by atoms with Crippen molar-refractivity contribution in [2.45, 2.75) is 4.90 Å². The summed E-state index contributed by atoms with van der Waals surface area (Å²) >= 11 is 9.19. The van der Waals surface area contributed by atoms with Crippen LogP contribution in [-0.2, 0) is 10.1 Å². The third-order valence-electron chi connectivity index (χ3n) is 3.66. The summed E-state index contributed by atoms with van der Waals surface area (Å²) < 4.78 is 30.9. The van der Waals surface area contributed by atoms with E-state index in [1.54, 1.807) is 48.5 Å². The van der Waals surface area contributed by atoms with Gasteiger partial charge in [-0.2, -0.15) is 13.5 Å². The molecule has 3 aromatic rings. The number of nitrogens with one attached hydrogen (secondary N) is 1. The first-order valence-corrected chi connectivity index (χ1v) is 10.8. The molecule has 0 saturated heterocycles. The first kappa shape index (κ1) is 21.0. The van der Waals surface area contributed by atoms with Crippen molar-refractivity contribution in [1.82, 2.24) is 5.43 Å². The number of halogens is 2. The zero-order valence-electron chi connectivity index (χ0n) is 14.7. The van der Waals surface area contributed by atoms with Gasteiger partial charge in [-0.05, 0) is 48.5 Å². The van der Waals surface area contributed by atoms with Crippen molar-refractivity contribution < 1.29 is 17.4 Å². The Balaban J connectivity index is 1.80. The zero-order chi connectivity index (χ0) is 20.9. The number of hydrogen-bond acceptors (Lipinski definition) is 5. The second kappa shape index (κ2) is 9.21. The van der Waals surface area contributed by atoms with Crippen molar-refractivity contribution in [2.75, 3.05) is 0 Å². The van der Waals surface area contributed by atoms with E-state index >= 15 is 0 Å². The molecule has 0 aliphatic carbocycles. The Morgan fingerprint density at radius 2 is 1.79 bits per heavy atom. The van der Waals surface area contributed by atoms with Gasteiger partial charge in [-0.25, -0.2) is 5.43 Å².